The summed E-state index contributed by atoms with van der Waals surface area (Å²) in [7, 11) is 0. The monoisotopic (exact) mass is 246 g/mol. The van der Waals surface area contributed by atoms with Crippen LogP contribution in [0.4, 0.5) is 5.69 Å². The third kappa shape index (κ3) is 3.55. The Morgan fingerprint density at radius 2 is 2.22 bits per heavy atom. The van der Waals surface area contributed by atoms with Crippen LogP contribution in [0.25, 0.3) is 0 Å². The summed E-state index contributed by atoms with van der Waals surface area (Å²) in [5, 5.41) is 11.6. The van der Waals surface area contributed by atoms with Crippen molar-refractivity contribution >= 4 is 11.6 Å². The Balaban J connectivity index is 1.88. The fourth-order valence-corrected chi connectivity index (χ4v) is 1.94. The van der Waals surface area contributed by atoms with Gasteiger partial charge in [0.05, 0.1) is 24.8 Å². The minimum absolute atomic E-state index is 0.0259. The molecule has 0 radical (unpaired) electrons. The maximum atomic E-state index is 11.8. The minimum Gasteiger partial charge on any atom is -0.370 e. The highest BCUT2D eigenvalue weighted by atomic mass is 16.5. The Kier molecular flexibility index (Phi) is 4.29. The molecule has 94 valence electrons. The number of nitrogens with one attached hydrogen (secondary N) is 2. The van der Waals surface area contributed by atoms with Gasteiger partial charge < -0.3 is 15.0 Å². The normalized spacial score (nSPS) is 15.9. The molecule has 2 rings (SSSR count). The van der Waals surface area contributed by atoms with Gasteiger partial charge in [0.25, 0.3) is 5.91 Å². The van der Waals surface area contributed by atoms with Crippen LogP contribution in [0.1, 0.15) is 5.56 Å². The Bertz CT molecular complexity index is 462. The summed E-state index contributed by atoms with van der Waals surface area (Å²) in [5.41, 5.74) is 1.22. The molecule has 0 aliphatic carbocycles. The van der Waals surface area contributed by atoms with E-state index in [1.165, 1.54) is 4.90 Å². The van der Waals surface area contributed by atoms with Gasteiger partial charge >= 0.3 is 0 Å². The largest absolute Gasteiger partial charge is 0.370 e. The van der Waals surface area contributed by atoms with E-state index in [0.717, 1.165) is 13.1 Å². The van der Waals surface area contributed by atoms with E-state index in [9.17, 15) is 4.79 Å². The lowest BCUT2D eigenvalue weighted by atomic mass is 10.2. The van der Waals surface area contributed by atoms with E-state index in [1.54, 1.807) is 24.3 Å². The van der Waals surface area contributed by atoms with E-state index in [0.29, 0.717) is 31.0 Å². The van der Waals surface area contributed by atoms with E-state index >= 15 is 0 Å². The van der Waals surface area contributed by atoms with Crippen molar-refractivity contribution in [3.05, 3.63) is 29.8 Å². The number of quaternary nitrogens is 1. The van der Waals surface area contributed by atoms with Crippen molar-refractivity contribution in [1.29, 1.82) is 5.26 Å². The van der Waals surface area contributed by atoms with Gasteiger partial charge in [-0.2, -0.15) is 5.26 Å². The molecule has 1 aliphatic rings. The Morgan fingerprint density at radius 1 is 1.44 bits per heavy atom. The molecule has 2 N–H and O–H groups in total. The number of rotatable bonds is 3. The molecule has 0 bridgehead atoms. The number of ether oxygens (including phenoxy) is 1. The first-order valence-electron chi connectivity index (χ1n) is 5.99. The summed E-state index contributed by atoms with van der Waals surface area (Å²) in [6.45, 7) is 3.61. The maximum Gasteiger partial charge on any atom is 0.279 e. The quantitative estimate of drug-likeness (QED) is 0.749. The summed E-state index contributed by atoms with van der Waals surface area (Å²) in [4.78, 5) is 13.1. The third-order valence-electron chi connectivity index (χ3n) is 2.89. The molecule has 0 spiro atoms. The summed E-state index contributed by atoms with van der Waals surface area (Å²) >= 11 is 0. The maximum absolute atomic E-state index is 11.8. The number of hydrogen-bond donors (Lipinski definition) is 2. The molecule has 18 heavy (non-hydrogen) atoms. The topological polar surface area (TPSA) is 66.6 Å². The number of morpholine rings is 1. The van der Waals surface area contributed by atoms with Gasteiger partial charge in [-0.1, -0.05) is 6.07 Å². The molecule has 5 heteroatoms. The molecule has 1 heterocycles. The number of nitriles is 1. The van der Waals surface area contributed by atoms with Gasteiger partial charge in [-0.3, -0.25) is 4.79 Å². The number of carbonyl (C=O) groups excluding carboxylic acids is 1. The van der Waals surface area contributed by atoms with Crippen LogP contribution < -0.4 is 10.2 Å². The Morgan fingerprint density at radius 3 is 2.94 bits per heavy atom. The number of amides is 1. The zero-order valence-electron chi connectivity index (χ0n) is 10.1. The zero-order chi connectivity index (χ0) is 12.8. The molecule has 0 atom stereocenters. The van der Waals surface area contributed by atoms with Gasteiger partial charge in [0.15, 0.2) is 6.54 Å². The van der Waals surface area contributed by atoms with E-state index < -0.39 is 0 Å². The van der Waals surface area contributed by atoms with Crippen molar-refractivity contribution in [3.63, 3.8) is 0 Å². The molecule has 0 saturated carbocycles. The van der Waals surface area contributed by atoms with E-state index in [1.807, 2.05) is 6.07 Å². The molecule has 0 unspecified atom stereocenters. The summed E-state index contributed by atoms with van der Waals surface area (Å²) in [6, 6.07) is 8.98. The molecular weight excluding hydrogens is 230 g/mol. The fourth-order valence-electron chi connectivity index (χ4n) is 1.94. The second-order valence-corrected chi connectivity index (χ2v) is 4.28. The molecule has 1 amide bonds. The lowest BCUT2D eigenvalue weighted by Gasteiger charge is -2.23. The zero-order valence-corrected chi connectivity index (χ0v) is 10.1. The highest BCUT2D eigenvalue weighted by Crippen LogP contribution is 2.08. The van der Waals surface area contributed by atoms with Gasteiger partial charge in [0.1, 0.15) is 13.1 Å². The smallest absolute Gasteiger partial charge is 0.279 e. The molecule has 1 aromatic carbocycles. The molecule has 0 aromatic heterocycles. The second kappa shape index (κ2) is 6.15. The molecule has 5 nitrogen and oxygen atoms in total. The molecule has 1 fully saturated rings. The van der Waals surface area contributed by atoms with Gasteiger partial charge in [-0.15, -0.1) is 0 Å². The van der Waals surface area contributed by atoms with Crippen LogP contribution in [-0.2, 0) is 9.53 Å². The number of benzene rings is 1. The van der Waals surface area contributed by atoms with Crippen LogP contribution in [0.5, 0.6) is 0 Å². The average Bonchev–Trinajstić information content (AvgIpc) is 2.40. The van der Waals surface area contributed by atoms with Gasteiger partial charge in [0, 0.05) is 5.69 Å². The van der Waals surface area contributed by atoms with E-state index in [4.69, 9.17) is 10.00 Å². The van der Waals surface area contributed by atoms with Crippen LogP contribution in [0.2, 0.25) is 0 Å². The first-order chi connectivity index (χ1) is 8.78. The predicted molar refractivity (Wildman–Crippen MR) is 66.2 cm³/mol. The molecule has 1 aliphatic heterocycles. The minimum atomic E-state index is -0.0259. The average molecular weight is 246 g/mol. The number of carbonyl (C=O) groups is 1. The van der Waals surface area contributed by atoms with Crippen LogP contribution in [-0.4, -0.2) is 38.8 Å². The fraction of sp³-hybridized carbons (Fsp3) is 0.385. The van der Waals surface area contributed by atoms with Crippen molar-refractivity contribution in [1.82, 2.24) is 0 Å². The third-order valence-corrected chi connectivity index (χ3v) is 2.89. The summed E-state index contributed by atoms with van der Waals surface area (Å²) < 4.78 is 5.24. The Labute approximate surface area is 106 Å². The van der Waals surface area contributed by atoms with Gasteiger partial charge in [-0.05, 0) is 18.2 Å². The van der Waals surface area contributed by atoms with Crippen molar-refractivity contribution in [2.24, 2.45) is 0 Å². The van der Waals surface area contributed by atoms with Gasteiger partial charge in [0.2, 0.25) is 0 Å². The number of nitrogens with zero attached hydrogens (tertiary/aromatic N) is 1. The van der Waals surface area contributed by atoms with Crippen molar-refractivity contribution in [3.8, 4) is 6.07 Å². The van der Waals surface area contributed by atoms with Crippen molar-refractivity contribution in [2.75, 3.05) is 38.2 Å². The number of hydrogen-bond acceptors (Lipinski definition) is 3. The highest BCUT2D eigenvalue weighted by Gasteiger charge is 2.17. The molecular formula is C13H16N3O2+. The molecule has 1 saturated heterocycles. The van der Waals surface area contributed by atoms with E-state index in [-0.39, 0.29) is 5.91 Å². The summed E-state index contributed by atoms with van der Waals surface area (Å²) in [6.07, 6.45) is 0. The van der Waals surface area contributed by atoms with E-state index in [2.05, 4.69) is 5.32 Å². The summed E-state index contributed by atoms with van der Waals surface area (Å²) in [5.74, 6) is -0.0259. The lowest BCUT2D eigenvalue weighted by molar-refractivity contribution is -0.899. The van der Waals surface area contributed by atoms with Crippen LogP contribution in [0, 0.1) is 11.3 Å². The molecule has 1 aromatic rings. The van der Waals surface area contributed by atoms with Crippen LogP contribution >= 0.6 is 0 Å². The standard InChI is InChI=1S/C13H15N3O2/c14-9-11-2-1-3-12(8-11)15-13(17)10-16-4-6-18-7-5-16/h1-3,8H,4-7,10H2,(H,15,17)/p+1. The number of anilines is 1. The Hall–Kier alpha value is -1.90. The first kappa shape index (κ1) is 12.6. The van der Waals surface area contributed by atoms with Crippen LogP contribution in [0.3, 0.4) is 0 Å². The SMILES string of the molecule is N#Cc1cccc(NC(=O)C[NH+]2CCOCC2)c1. The van der Waals surface area contributed by atoms with Gasteiger partial charge in [-0.25, -0.2) is 0 Å². The van der Waals surface area contributed by atoms with Crippen molar-refractivity contribution in [2.45, 2.75) is 0 Å². The first-order valence-corrected chi connectivity index (χ1v) is 5.99. The highest BCUT2D eigenvalue weighted by molar-refractivity contribution is 5.91. The second-order valence-electron chi connectivity index (χ2n) is 4.28. The lowest BCUT2D eigenvalue weighted by Crippen LogP contribution is -3.15. The van der Waals surface area contributed by atoms with Crippen LogP contribution in [0.15, 0.2) is 24.3 Å². The van der Waals surface area contributed by atoms with Crippen molar-refractivity contribution < 1.29 is 14.4 Å². The predicted octanol–water partition coefficient (Wildman–Crippen LogP) is -0.588.